The summed E-state index contributed by atoms with van der Waals surface area (Å²) in [6.45, 7) is 4.76. The molecule has 0 aliphatic heterocycles. The highest BCUT2D eigenvalue weighted by Crippen LogP contribution is 2.08. The van der Waals surface area contributed by atoms with Crippen LogP contribution in [0.15, 0.2) is 42.5 Å². The van der Waals surface area contributed by atoms with Crippen molar-refractivity contribution in [3.05, 3.63) is 42.5 Å². The van der Waals surface area contributed by atoms with E-state index in [9.17, 15) is 0 Å². The van der Waals surface area contributed by atoms with Gasteiger partial charge in [-0.05, 0) is 25.0 Å². The second kappa shape index (κ2) is 6.67. The van der Waals surface area contributed by atoms with Gasteiger partial charge in [-0.1, -0.05) is 30.4 Å². The topological polar surface area (TPSA) is 35.8 Å². The van der Waals surface area contributed by atoms with Crippen LogP contribution in [0.3, 0.4) is 0 Å². The largest absolute Gasteiger partial charge is 0.381 e. The average molecular weight is 200 g/mol. The van der Waals surface area contributed by atoms with Gasteiger partial charge in [0.25, 0.3) is 0 Å². The summed E-state index contributed by atoms with van der Waals surface area (Å²) in [5.74, 6) is 0. The summed E-state index contributed by atoms with van der Waals surface area (Å²) in [6, 6.07) is 12.2. The molecule has 0 bridgehead atoms. The zero-order valence-electron chi connectivity index (χ0n) is 8.87. The van der Waals surface area contributed by atoms with Gasteiger partial charge in [0.1, 0.15) is 0 Å². The molecule has 15 heavy (non-hydrogen) atoms. The van der Waals surface area contributed by atoms with Crippen molar-refractivity contribution >= 4 is 5.69 Å². The third-order valence-electron chi connectivity index (χ3n) is 2.14. The lowest BCUT2D eigenvalue weighted by atomic mass is 10.1. The first-order chi connectivity index (χ1) is 7.33. The Bertz CT molecular complexity index is 335. The predicted molar refractivity (Wildman–Crippen MR) is 63.5 cm³/mol. The van der Waals surface area contributed by atoms with Crippen molar-refractivity contribution in [2.24, 2.45) is 0 Å². The Balaban J connectivity index is 2.20. The molecule has 1 rings (SSSR count). The molecule has 0 aliphatic rings. The fourth-order valence-electron chi connectivity index (χ4n) is 1.29. The summed E-state index contributed by atoms with van der Waals surface area (Å²) in [5.41, 5.74) is 2.26. The number of benzene rings is 1. The summed E-state index contributed by atoms with van der Waals surface area (Å²) >= 11 is 0. The van der Waals surface area contributed by atoms with Crippen LogP contribution in [0.4, 0.5) is 5.69 Å². The van der Waals surface area contributed by atoms with Crippen LogP contribution in [0.2, 0.25) is 0 Å². The van der Waals surface area contributed by atoms with Crippen molar-refractivity contribution in [3.8, 4) is 6.07 Å². The number of rotatable bonds is 6. The third kappa shape index (κ3) is 4.87. The summed E-state index contributed by atoms with van der Waals surface area (Å²) in [4.78, 5) is 0. The Morgan fingerprint density at radius 1 is 1.33 bits per heavy atom. The highest BCUT2D eigenvalue weighted by molar-refractivity contribution is 5.43. The van der Waals surface area contributed by atoms with Crippen LogP contribution in [0.25, 0.3) is 0 Å². The van der Waals surface area contributed by atoms with Crippen molar-refractivity contribution in [1.82, 2.24) is 0 Å². The van der Waals surface area contributed by atoms with Crippen LogP contribution < -0.4 is 5.32 Å². The van der Waals surface area contributed by atoms with E-state index in [1.54, 1.807) is 0 Å². The summed E-state index contributed by atoms with van der Waals surface area (Å²) in [7, 11) is 0. The van der Waals surface area contributed by atoms with Crippen molar-refractivity contribution in [1.29, 1.82) is 5.26 Å². The van der Waals surface area contributed by atoms with Crippen LogP contribution in [-0.4, -0.2) is 6.54 Å². The van der Waals surface area contributed by atoms with Gasteiger partial charge in [0.15, 0.2) is 0 Å². The molecule has 0 atom stereocenters. The minimum absolute atomic E-state index is 0.615. The lowest BCUT2D eigenvalue weighted by Crippen LogP contribution is -2.03. The second-order valence-electron chi connectivity index (χ2n) is 3.48. The molecule has 0 saturated carbocycles. The maximum absolute atomic E-state index is 8.39. The minimum Gasteiger partial charge on any atom is -0.381 e. The number of nitriles is 1. The first-order valence-electron chi connectivity index (χ1n) is 5.15. The van der Waals surface area contributed by atoms with Gasteiger partial charge >= 0.3 is 0 Å². The molecule has 0 unspecified atom stereocenters. The van der Waals surface area contributed by atoms with E-state index >= 15 is 0 Å². The fraction of sp³-hybridized carbons (Fsp3) is 0.308. The maximum atomic E-state index is 8.39. The molecule has 0 heterocycles. The molecule has 2 heteroatoms. The highest BCUT2D eigenvalue weighted by atomic mass is 14.9. The summed E-state index contributed by atoms with van der Waals surface area (Å²) in [6.07, 6.45) is 2.45. The molecular formula is C13H16N2. The highest BCUT2D eigenvalue weighted by Gasteiger charge is 1.95. The maximum Gasteiger partial charge on any atom is 0.0621 e. The van der Waals surface area contributed by atoms with Crippen molar-refractivity contribution in [2.45, 2.75) is 19.3 Å². The van der Waals surface area contributed by atoms with Gasteiger partial charge in [0.05, 0.1) is 6.07 Å². The number of anilines is 1. The van der Waals surface area contributed by atoms with Crippen LogP contribution >= 0.6 is 0 Å². The number of hydrogen-bond donors (Lipinski definition) is 1. The van der Waals surface area contributed by atoms with E-state index in [1.807, 2.05) is 30.3 Å². The van der Waals surface area contributed by atoms with Gasteiger partial charge < -0.3 is 5.32 Å². The molecule has 2 nitrogen and oxygen atoms in total. The number of nitrogens with zero attached hydrogens (tertiary/aromatic N) is 1. The molecule has 0 aromatic heterocycles. The normalized spacial score (nSPS) is 9.27. The zero-order valence-corrected chi connectivity index (χ0v) is 8.87. The first kappa shape index (κ1) is 11.3. The van der Waals surface area contributed by atoms with Crippen molar-refractivity contribution in [2.75, 3.05) is 11.9 Å². The molecule has 1 aromatic rings. The minimum atomic E-state index is 0.615. The number of para-hydroxylation sites is 1. The lowest BCUT2D eigenvalue weighted by molar-refractivity contribution is 0.831. The van der Waals surface area contributed by atoms with E-state index < -0.39 is 0 Å². The van der Waals surface area contributed by atoms with Gasteiger partial charge in [-0.25, -0.2) is 0 Å². The third-order valence-corrected chi connectivity index (χ3v) is 2.14. The SMILES string of the molecule is C=C(CCCC#N)CNc1ccccc1. The van der Waals surface area contributed by atoms with Gasteiger partial charge in [-0.3, -0.25) is 0 Å². The lowest BCUT2D eigenvalue weighted by Gasteiger charge is -2.07. The number of unbranched alkanes of at least 4 members (excludes halogenated alkanes) is 1. The molecule has 0 saturated heterocycles. The standard InChI is InChI=1S/C13H16N2/c1-12(7-5-6-10-14)11-15-13-8-3-2-4-9-13/h2-4,8-9,15H,1,5-7,11H2. The van der Waals surface area contributed by atoms with E-state index in [-0.39, 0.29) is 0 Å². The fourth-order valence-corrected chi connectivity index (χ4v) is 1.29. The van der Waals surface area contributed by atoms with Gasteiger partial charge in [-0.2, -0.15) is 5.26 Å². The Labute approximate surface area is 91.2 Å². The van der Waals surface area contributed by atoms with E-state index in [4.69, 9.17) is 5.26 Å². The quantitative estimate of drug-likeness (QED) is 0.564. The second-order valence-corrected chi connectivity index (χ2v) is 3.48. The van der Waals surface area contributed by atoms with Gasteiger partial charge in [0.2, 0.25) is 0 Å². The number of hydrogen-bond acceptors (Lipinski definition) is 2. The molecule has 0 spiro atoms. The predicted octanol–water partition coefficient (Wildman–Crippen LogP) is 3.35. The Hall–Kier alpha value is -1.75. The Morgan fingerprint density at radius 2 is 2.07 bits per heavy atom. The molecular weight excluding hydrogens is 184 g/mol. The van der Waals surface area contributed by atoms with Crippen LogP contribution in [0, 0.1) is 11.3 Å². The summed E-state index contributed by atoms with van der Waals surface area (Å²) in [5, 5.41) is 11.7. The van der Waals surface area contributed by atoms with Crippen molar-refractivity contribution < 1.29 is 0 Å². The van der Waals surface area contributed by atoms with E-state index in [0.29, 0.717) is 6.42 Å². The van der Waals surface area contributed by atoms with E-state index in [0.717, 1.165) is 30.6 Å². The molecule has 1 N–H and O–H groups in total. The monoisotopic (exact) mass is 200 g/mol. The summed E-state index contributed by atoms with van der Waals surface area (Å²) < 4.78 is 0. The van der Waals surface area contributed by atoms with E-state index in [2.05, 4.69) is 18.0 Å². The molecule has 1 aromatic carbocycles. The van der Waals surface area contributed by atoms with Gasteiger partial charge in [-0.15, -0.1) is 0 Å². The van der Waals surface area contributed by atoms with Crippen LogP contribution in [0.1, 0.15) is 19.3 Å². The van der Waals surface area contributed by atoms with Crippen LogP contribution in [-0.2, 0) is 0 Å². The van der Waals surface area contributed by atoms with Gasteiger partial charge in [0, 0.05) is 18.7 Å². The first-order valence-corrected chi connectivity index (χ1v) is 5.15. The Morgan fingerprint density at radius 3 is 2.73 bits per heavy atom. The number of nitrogens with one attached hydrogen (secondary N) is 1. The molecule has 0 aliphatic carbocycles. The molecule has 78 valence electrons. The molecule has 0 fully saturated rings. The van der Waals surface area contributed by atoms with Crippen molar-refractivity contribution in [3.63, 3.8) is 0 Å². The zero-order chi connectivity index (χ0) is 10.9. The molecule has 0 amide bonds. The van der Waals surface area contributed by atoms with E-state index in [1.165, 1.54) is 0 Å². The smallest absolute Gasteiger partial charge is 0.0621 e. The van der Waals surface area contributed by atoms with Crippen LogP contribution in [0.5, 0.6) is 0 Å². The Kier molecular flexibility index (Phi) is 5.03. The average Bonchev–Trinajstić information content (AvgIpc) is 2.28. The molecule has 0 radical (unpaired) electrons.